The lowest BCUT2D eigenvalue weighted by atomic mass is 10.2. The van der Waals surface area contributed by atoms with Crippen molar-refractivity contribution in [1.82, 2.24) is 4.31 Å². The predicted molar refractivity (Wildman–Crippen MR) is 85.8 cm³/mol. The van der Waals surface area contributed by atoms with E-state index in [-0.39, 0.29) is 11.8 Å². The smallest absolute Gasteiger partial charge is 0.212 e. The first kappa shape index (κ1) is 15.3. The standard InChI is InChI=1S/C15H21NO2SSi/c1-20(2,3)12-11-19(17,18)16-13-15(16)10-9-14-7-5-4-6-8-14/h4-8,15H,11-13H2,1-3H3/t15-,16?/m1/s1. The van der Waals surface area contributed by atoms with Gasteiger partial charge in [-0.1, -0.05) is 49.7 Å². The SMILES string of the molecule is C[Si](C)(C)CCS(=O)(=O)N1C[C@H]1C#Cc1ccccc1. The summed E-state index contributed by atoms with van der Waals surface area (Å²) in [7, 11) is -4.43. The van der Waals surface area contributed by atoms with Gasteiger partial charge in [-0.3, -0.25) is 0 Å². The van der Waals surface area contributed by atoms with Crippen molar-refractivity contribution in [2.24, 2.45) is 0 Å². The Bertz CT molecular complexity index is 623. The van der Waals surface area contributed by atoms with Gasteiger partial charge in [0.25, 0.3) is 0 Å². The molecule has 1 aliphatic rings. The fourth-order valence-corrected chi connectivity index (χ4v) is 6.31. The molecule has 0 aromatic heterocycles. The fourth-order valence-electron chi connectivity index (χ4n) is 1.79. The highest BCUT2D eigenvalue weighted by molar-refractivity contribution is 7.89. The van der Waals surface area contributed by atoms with Crippen LogP contribution in [0.15, 0.2) is 30.3 Å². The molecular formula is C15H21NO2SSi. The first-order valence-corrected chi connectivity index (χ1v) is 12.2. The largest absolute Gasteiger partial charge is 0.215 e. The van der Waals surface area contributed by atoms with Crippen molar-refractivity contribution in [2.75, 3.05) is 12.3 Å². The van der Waals surface area contributed by atoms with Crippen LogP contribution in [0.2, 0.25) is 25.7 Å². The number of hydrogen-bond acceptors (Lipinski definition) is 2. The monoisotopic (exact) mass is 307 g/mol. The Labute approximate surface area is 123 Å². The van der Waals surface area contributed by atoms with E-state index in [1.807, 2.05) is 30.3 Å². The summed E-state index contributed by atoms with van der Waals surface area (Å²) in [5.41, 5.74) is 0.929. The second-order valence-corrected chi connectivity index (χ2v) is 14.0. The summed E-state index contributed by atoms with van der Waals surface area (Å²) in [6.45, 7) is 7.13. The van der Waals surface area contributed by atoms with Crippen LogP contribution in [0.3, 0.4) is 0 Å². The highest BCUT2D eigenvalue weighted by Crippen LogP contribution is 2.24. The van der Waals surface area contributed by atoms with E-state index in [1.54, 1.807) is 0 Å². The molecule has 2 atom stereocenters. The Morgan fingerprint density at radius 1 is 1.25 bits per heavy atom. The average Bonchev–Trinajstić information content (AvgIpc) is 3.15. The molecule has 1 aromatic carbocycles. The molecule has 2 rings (SSSR count). The van der Waals surface area contributed by atoms with Crippen molar-refractivity contribution >= 4 is 18.1 Å². The van der Waals surface area contributed by atoms with Crippen LogP contribution in [0, 0.1) is 11.8 Å². The molecule has 20 heavy (non-hydrogen) atoms. The Kier molecular flexibility index (Phi) is 4.38. The minimum atomic E-state index is -3.11. The maximum atomic E-state index is 12.1. The third-order valence-electron chi connectivity index (χ3n) is 3.19. The van der Waals surface area contributed by atoms with Crippen LogP contribution in [-0.4, -0.2) is 39.1 Å². The zero-order valence-corrected chi connectivity index (χ0v) is 14.1. The summed E-state index contributed by atoms with van der Waals surface area (Å²) in [4.78, 5) is 0. The lowest BCUT2D eigenvalue weighted by molar-refractivity contribution is 0.560. The molecule has 0 radical (unpaired) electrons. The molecule has 1 aliphatic heterocycles. The number of benzene rings is 1. The Balaban J connectivity index is 1.93. The van der Waals surface area contributed by atoms with Gasteiger partial charge in [0.15, 0.2) is 0 Å². The van der Waals surface area contributed by atoms with E-state index in [0.717, 1.165) is 11.6 Å². The summed E-state index contributed by atoms with van der Waals surface area (Å²) in [5.74, 6) is 6.34. The first-order chi connectivity index (χ1) is 9.28. The second-order valence-electron chi connectivity index (χ2n) is 6.35. The number of sulfonamides is 1. The maximum absolute atomic E-state index is 12.1. The van der Waals surface area contributed by atoms with Gasteiger partial charge in [0.1, 0.15) is 0 Å². The van der Waals surface area contributed by atoms with Crippen molar-refractivity contribution in [3.63, 3.8) is 0 Å². The molecule has 0 aliphatic carbocycles. The molecule has 1 heterocycles. The molecular weight excluding hydrogens is 286 g/mol. The van der Waals surface area contributed by atoms with E-state index < -0.39 is 18.1 Å². The van der Waals surface area contributed by atoms with E-state index in [1.165, 1.54) is 4.31 Å². The summed E-state index contributed by atoms with van der Waals surface area (Å²) in [6.07, 6.45) is 0. The van der Waals surface area contributed by atoms with Crippen molar-refractivity contribution < 1.29 is 8.42 Å². The van der Waals surface area contributed by atoms with Crippen LogP contribution in [0.25, 0.3) is 0 Å². The molecule has 3 nitrogen and oxygen atoms in total. The van der Waals surface area contributed by atoms with Gasteiger partial charge < -0.3 is 0 Å². The topological polar surface area (TPSA) is 37.1 Å². The summed E-state index contributed by atoms with van der Waals surface area (Å²) in [6, 6.07) is 10.3. The minimum Gasteiger partial charge on any atom is -0.212 e. The van der Waals surface area contributed by atoms with Gasteiger partial charge >= 0.3 is 0 Å². The first-order valence-electron chi connectivity index (χ1n) is 6.84. The van der Waals surface area contributed by atoms with Crippen LogP contribution < -0.4 is 0 Å². The molecule has 1 aromatic rings. The summed E-state index contributed by atoms with van der Waals surface area (Å²) < 4.78 is 25.8. The van der Waals surface area contributed by atoms with E-state index >= 15 is 0 Å². The normalized spacial score (nSPS) is 21.9. The lowest BCUT2D eigenvalue weighted by Gasteiger charge is -2.15. The number of nitrogens with zero attached hydrogens (tertiary/aromatic N) is 1. The zero-order chi connectivity index (χ0) is 14.8. The third-order valence-corrected chi connectivity index (χ3v) is 7.14. The second kappa shape index (κ2) is 5.72. The summed E-state index contributed by atoms with van der Waals surface area (Å²) >= 11 is 0. The third kappa shape index (κ3) is 4.48. The van der Waals surface area contributed by atoms with Gasteiger partial charge in [0, 0.05) is 20.2 Å². The van der Waals surface area contributed by atoms with E-state index in [2.05, 4.69) is 31.5 Å². The molecule has 1 fully saturated rings. The molecule has 0 amide bonds. The molecule has 1 saturated heterocycles. The van der Waals surface area contributed by atoms with E-state index in [4.69, 9.17) is 0 Å². The minimum absolute atomic E-state index is 0.123. The van der Waals surface area contributed by atoms with Crippen molar-refractivity contribution in [3.05, 3.63) is 35.9 Å². The Morgan fingerprint density at radius 2 is 1.90 bits per heavy atom. The van der Waals surface area contributed by atoms with Crippen LogP contribution in [0.4, 0.5) is 0 Å². The molecule has 0 N–H and O–H groups in total. The average molecular weight is 307 g/mol. The number of hydrogen-bond donors (Lipinski definition) is 0. The van der Waals surface area contributed by atoms with Crippen molar-refractivity contribution in [2.45, 2.75) is 31.7 Å². The molecule has 0 bridgehead atoms. The molecule has 5 heteroatoms. The van der Waals surface area contributed by atoms with Crippen LogP contribution in [-0.2, 0) is 10.0 Å². The lowest BCUT2D eigenvalue weighted by Crippen LogP contribution is -2.27. The molecule has 0 spiro atoms. The van der Waals surface area contributed by atoms with Crippen LogP contribution in [0.5, 0.6) is 0 Å². The molecule has 1 unspecified atom stereocenters. The predicted octanol–water partition coefficient (Wildman–Crippen LogP) is 2.39. The summed E-state index contributed by atoms with van der Waals surface area (Å²) in [5, 5.41) is 0. The highest BCUT2D eigenvalue weighted by atomic mass is 32.2. The van der Waals surface area contributed by atoms with Crippen molar-refractivity contribution in [1.29, 1.82) is 0 Å². The molecule has 0 saturated carbocycles. The number of rotatable bonds is 4. The van der Waals surface area contributed by atoms with Crippen molar-refractivity contribution in [3.8, 4) is 11.8 Å². The van der Waals surface area contributed by atoms with Gasteiger partial charge in [0.2, 0.25) is 10.0 Å². The van der Waals surface area contributed by atoms with Gasteiger partial charge in [-0.25, -0.2) is 8.42 Å². The maximum Gasteiger partial charge on any atom is 0.215 e. The van der Waals surface area contributed by atoms with Crippen LogP contribution >= 0.6 is 0 Å². The quantitative estimate of drug-likeness (QED) is 0.486. The van der Waals surface area contributed by atoms with Gasteiger partial charge in [0.05, 0.1) is 11.8 Å². The van der Waals surface area contributed by atoms with Crippen LogP contribution in [0.1, 0.15) is 5.56 Å². The zero-order valence-electron chi connectivity index (χ0n) is 12.3. The fraction of sp³-hybridized carbons (Fsp3) is 0.467. The highest BCUT2D eigenvalue weighted by Gasteiger charge is 2.42. The van der Waals surface area contributed by atoms with E-state index in [9.17, 15) is 8.42 Å². The Morgan fingerprint density at radius 3 is 2.50 bits per heavy atom. The Hall–Kier alpha value is -1.09. The van der Waals surface area contributed by atoms with Gasteiger partial charge in [-0.2, -0.15) is 4.31 Å². The molecule has 108 valence electrons. The van der Waals surface area contributed by atoms with E-state index in [0.29, 0.717) is 6.54 Å². The van der Waals surface area contributed by atoms with Gasteiger partial charge in [-0.05, 0) is 18.2 Å². The van der Waals surface area contributed by atoms with Gasteiger partial charge in [-0.15, -0.1) is 0 Å².